The van der Waals surface area contributed by atoms with Gasteiger partial charge in [0.25, 0.3) is 0 Å². The second-order valence-corrected chi connectivity index (χ2v) is 6.19. The molecule has 0 spiro atoms. The lowest BCUT2D eigenvalue weighted by Crippen LogP contribution is -3.17. The van der Waals surface area contributed by atoms with E-state index in [0.717, 1.165) is 23.4 Å². The van der Waals surface area contributed by atoms with Crippen molar-refractivity contribution in [2.75, 3.05) is 19.7 Å². The molecule has 1 heterocycles. The summed E-state index contributed by atoms with van der Waals surface area (Å²) in [5.41, 5.74) is 2.27. The summed E-state index contributed by atoms with van der Waals surface area (Å²) in [5.74, 6) is 0.924. The number of piperidine rings is 1. The monoisotopic (exact) mass is 278 g/mol. The Bertz CT molecular complexity index is 413. The van der Waals surface area contributed by atoms with Crippen molar-refractivity contribution in [3.8, 4) is 5.75 Å². The second kappa shape index (κ2) is 7.09. The van der Waals surface area contributed by atoms with E-state index >= 15 is 0 Å². The summed E-state index contributed by atoms with van der Waals surface area (Å²) in [6.45, 7) is 8.75. The van der Waals surface area contributed by atoms with Gasteiger partial charge in [-0.05, 0) is 51.2 Å². The van der Waals surface area contributed by atoms with Crippen LogP contribution in [0.3, 0.4) is 0 Å². The quantitative estimate of drug-likeness (QED) is 0.856. The smallest absolute Gasteiger partial charge is 0.137 e. The normalized spacial score (nSPS) is 24.4. The minimum Gasteiger partial charge on any atom is -0.490 e. The molecule has 1 aliphatic heterocycles. The van der Waals surface area contributed by atoms with Crippen LogP contribution in [-0.2, 0) is 0 Å². The maximum absolute atomic E-state index is 10.2. The van der Waals surface area contributed by atoms with Gasteiger partial charge in [-0.1, -0.05) is 18.2 Å². The van der Waals surface area contributed by atoms with Crippen LogP contribution in [0.15, 0.2) is 18.2 Å². The minimum absolute atomic E-state index is 0.385. The highest BCUT2D eigenvalue weighted by Gasteiger charge is 2.24. The molecule has 1 aromatic carbocycles. The molecule has 2 rings (SSSR count). The molecule has 0 bridgehead atoms. The first-order valence-electron chi connectivity index (χ1n) is 7.79. The van der Waals surface area contributed by atoms with E-state index in [1.807, 2.05) is 32.0 Å². The number of aryl methyl sites for hydroxylation is 2. The van der Waals surface area contributed by atoms with E-state index in [9.17, 15) is 5.11 Å². The summed E-state index contributed by atoms with van der Waals surface area (Å²) in [7, 11) is 0. The molecule has 1 fully saturated rings. The van der Waals surface area contributed by atoms with Gasteiger partial charge in [-0.2, -0.15) is 0 Å². The summed E-state index contributed by atoms with van der Waals surface area (Å²) in [4.78, 5) is 1.52. The van der Waals surface area contributed by atoms with Crippen LogP contribution in [0.4, 0.5) is 0 Å². The van der Waals surface area contributed by atoms with Gasteiger partial charge in [-0.15, -0.1) is 0 Å². The molecule has 0 aliphatic carbocycles. The Morgan fingerprint density at radius 1 is 1.30 bits per heavy atom. The fourth-order valence-corrected chi connectivity index (χ4v) is 3.12. The zero-order valence-electron chi connectivity index (χ0n) is 13.0. The van der Waals surface area contributed by atoms with Crippen LogP contribution in [0.25, 0.3) is 0 Å². The molecule has 0 radical (unpaired) electrons. The predicted octanol–water partition coefficient (Wildman–Crippen LogP) is 1.50. The topological polar surface area (TPSA) is 33.9 Å². The first-order chi connectivity index (χ1) is 9.58. The Morgan fingerprint density at radius 2 is 2.00 bits per heavy atom. The van der Waals surface area contributed by atoms with Crippen molar-refractivity contribution in [1.82, 2.24) is 0 Å². The van der Waals surface area contributed by atoms with Gasteiger partial charge >= 0.3 is 0 Å². The number of aliphatic hydroxyl groups excluding tert-OH is 1. The fourth-order valence-electron chi connectivity index (χ4n) is 3.12. The molecule has 0 aromatic heterocycles. The van der Waals surface area contributed by atoms with Gasteiger partial charge in [-0.3, -0.25) is 0 Å². The van der Waals surface area contributed by atoms with Crippen LogP contribution in [0.2, 0.25) is 0 Å². The molecule has 3 nitrogen and oxygen atoms in total. The molecule has 1 aliphatic rings. The lowest BCUT2D eigenvalue weighted by atomic mass is 10.0. The maximum atomic E-state index is 10.2. The molecule has 1 unspecified atom stereocenters. The van der Waals surface area contributed by atoms with Gasteiger partial charge in [0.15, 0.2) is 0 Å². The summed E-state index contributed by atoms with van der Waals surface area (Å²) in [6.07, 6.45) is 3.51. The van der Waals surface area contributed by atoms with Gasteiger partial charge in [0.1, 0.15) is 25.0 Å². The van der Waals surface area contributed by atoms with E-state index in [4.69, 9.17) is 4.74 Å². The third-order valence-electron chi connectivity index (χ3n) is 4.41. The largest absolute Gasteiger partial charge is 0.490 e. The number of hydrogen-bond donors (Lipinski definition) is 2. The second-order valence-electron chi connectivity index (χ2n) is 6.19. The number of rotatable bonds is 5. The third-order valence-corrected chi connectivity index (χ3v) is 4.41. The Labute approximate surface area is 122 Å². The molecular formula is C17H28NO2+. The molecular weight excluding hydrogens is 250 g/mol. The van der Waals surface area contributed by atoms with Crippen molar-refractivity contribution in [2.45, 2.75) is 52.2 Å². The lowest BCUT2D eigenvalue weighted by Gasteiger charge is -2.31. The van der Waals surface area contributed by atoms with Gasteiger partial charge in [0.2, 0.25) is 0 Å². The number of benzene rings is 1. The van der Waals surface area contributed by atoms with Crippen LogP contribution in [-0.4, -0.2) is 36.9 Å². The number of quaternary nitrogens is 1. The van der Waals surface area contributed by atoms with Crippen molar-refractivity contribution in [3.63, 3.8) is 0 Å². The zero-order chi connectivity index (χ0) is 14.5. The van der Waals surface area contributed by atoms with E-state index in [1.165, 1.54) is 30.7 Å². The van der Waals surface area contributed by atoms with E-state index in [-0.39, 0.29) is 6.10 Å². The Hall–Kier alpha value is -1.06. The van der Waals surface area contributed by atoms with Gasteiger partial charge in [-0.25, -0.2) is 0 Å². The average Bonchev–Trinajstić information content (AvgIpc) is 2.41. The minimum atomic E-state index is -0.385. The number of nitrogens with one attached hydrogen (secondary N) is 1. The number of hydrogen-bond acceptors (Lipinski definition) is 2. The van der Waals surface area contributed by atoms with Crippen LogP contribution in [0.1, 0.15) is 37.3 Å². The molecule has 0 amide bonds. The van der Waals surface area contributed by atoms with E-state index in [1.54, 1.807) is 0 Å². The van der Waals surface area contributed by atoms with Crippen molar-refractivity contribution in [3.05, 3.63) is 29.3 Å². The first-order valence-corrected chi connectivity index (χ1v) is 7.79. The molecule has 1 aromatic rings. The van der Waals surface area contributed by atoms with Gasteiger partial charge in [0, 0.05) is 0 Å². The number of para-hydroxylation sites is 1. The predicted molar refractivity (Wildman–Crippen MR) is 81.4 cm³/mol. The Kier molecular flexibility index (Phi) is 5.44. The molecule has 2 N–H and O–H groups in total. The van der Waals surface area contributed by atoms with Crippen molar-refractivity contribution in [1.29, 1.82) is 0 Å². The fraction of sp³-hybridized carbons (Fsp3) is 0.647. The highest BCUT2D eigenvalue weighted by molar-refractivity contribution is 5.39. The van der Waals surface area contributed by atoms with Crippen molar-refractivity contribution < 1.29 is 14.7 Å². The molecule has 0 saturated carbocycles. The Morgan fingerprint density at radius 3 is 2.65 bits per heavy atom. The summed E-state index contributed by atoms with van der Waals surface area (Å²) in [6, 6.07) is 6.80. The van der Waals surface area contributed by atoms with Crippen molar-refractivity contribution >= 4 is 0 Å². The number of ether oxygens (including phenoxy) is 1. The molecule has 112 valence electrons. The third kappa shape index (κ3) is 3.97. The highest BCUT2D eigenvalue weighted by atomic mass is 16.5. The lowest BCUT2D eigenvalue weighted by molar-refractivity contribution is -0.931. The van der Waals surface area contributed by atoms with Gasteiger partial charge in [0.05, 0.1) is 12.6 Å². The van der Waals surface area contributed by atoms with Gasteiger partial charge < -0.3 is 14.7 Å². The highest BCUT2D eigenvalue weighted by Crippen LogP contribution is 2.22. The summed E-state index contributed by atoms with van der Waals surface area (Å²) < 4.78 is 5.84. The zero-order valence-corrected chi connectivity index (χ0v) is 13.0. The number of likely N-dealkylation sites (tertiary alicyclic amines) is 1. The average molecular weight is 278 g/mol. The van der Waals surface area contributed by atoms with Crippen LogP contribution in [0.5, 0.6) is 5.75 Å². The van der Waals surface area contributed by atoms with Crippen molar-refractivity contribution in [2.24, 2.45) is 0 Å². The van der Waals surface area contributed by atoms with Crippen LogP contribution >= 0.6 is 0 Å². The molecule has 20 heavy (non-hydrogen) atoms. The summed E-state index contributed by atoms with van der Waals surface area (Å²) in [5, 5.41) is 10.2. The molecule has 3 heteroatoms. The first kappa shape index (κ1) is 15.3. The molecule has 1 saturated heterocycles. The number of aliphatic hydroxyl groups is 1. The van der Waals surface area contributed by atoms with Crippen LogP contribution in [0, 0.1) is 13.8 Å². The molecule has 3 atom stereocenters. The van der Waals surface area contributed by atoms with E-state index in [0.29, 0.717) is 12.6 Å². The Balaban J connectivity index is 1.84. The maximum Gasteiger partial charge on any atom is 0.137 e. The van der Waals surface area contributed by atoms with E-state index < -0.39 is 0 Å². The van der Waals surface area contributed by atoms with E-state index in [2.05, 4.69) is 6.92 Å². The summed E-state index contributed by atoms with van der Waals surface area (Å²) >= 11 is 0. The SMILES string of the molecule is Cc1cccc(C)c1OC[C@H](O)C[NH+]1CCCC[C@@H]1C. The van der Waals surface area contributed by atoms with Crippen LogP contribution < -0.4 is 9.64 Å². The standard InChI is InChI=1S/C17H27NO2/c1-13-7-6-8-14(2)17(13)20-12-16(19)11-18-10-5-4-9-15(18)3/h6-8,15-16,19H,4-5,9-12H2,1-3H3/p+1/t15-,16+/m0/s1.